The second-order valence-corrected chi connectivity index (χ2v) is 4.99. The van der Waals surface area contributed by atoms with Gasteiger partial charge >= 0.3 is 0 Å². The minimum atomic E-state index is -0.210. The van der Waals surface area contributed by atoms with Crippen LogP contribution >= 0.6 is 11.6 Å². The van der Waals surface area contributed by atoms with Gasteiger partial charge in [0.25, 0.3) is 0 Å². The largest absolute Gasteiger partial charge is 0.327 e. The minimum Gasteiger partial charge on any atom is -0.327 e. The molecule has 0 aliphatic heterocycles. The van der Waals surface area contributed by atoms with Gasteiger partial charge in [0.2, 0.25) is 0 Å². The molecule has 2 N–H and O–H groups in total. The number of unbranched alkanes of at least 4 members (excludes halogenated alkanes) is 3. The zero-order valence-corrected chi connectivity index (χ0v) is 11.1. The highest BCUT2D eigenvalue weighted by Crippen LogP contribution is 2.17. The van der Waals surface area contributed by atoms with Crippen LogP contribution in [0.4, 0.5) is 4.39 Å². The van der Waals surface area contributed by atoms with Crippen molar-refractivity contribution in [1.29, 1.82) is 0 Å². The first-order valence-corrected chi connectivity index (χ1v) is 6.70. The van der Waals surface area contributed by atoms with E-state index in [9.17, 15) is 4.39 Å². The normalized spacial score (nSPS) is 12.7. The predicted octanol–water partition coefficient (Wildman–Crippen LogP) is 4.32. The molecule has 1 atom stereocenters. The zero-order chi connectivity index (χ0) is 12.7. The molecule has 3 heteroatoms. The Bertz CT molecular complexity index is 341. The van der Waals surface area contributed by atoms with E-state index in [-0.39, 0.29) is 11.9 Å². The standard InChI is InChI=1S/C14H21ClFN/c1-2-3-4-5-6-13(17)10-11-9-12(15)7-8-14(11)16/h7-9,13H,2-6,10,17H2,1H3. The van der Waals surface area contributed by atoms with Gasteiger partial charge < -0.3 is 5.73 Å². The molecule has 0 fully saturated rings. The highest BCUT2D eigenvalue weighted by atomic mass is 35.5. The monoisotopic (exact) mass is 257 g/mol. The molecule has 1 unspecified atom stereocenters. The molecule has 0 radical (unpaired) electrons. The van der Waals surface area contributed by atoms with E-state index in [2.05, 4.69) is 6.92 Å². The Labute approximate surface area is 108 Å². The molecule has 0 spiro atoms. The van der Waals surface area contributed by atoms with E-state index in [0.717, 1.165) is 12.8 Å². The molecule has 1 rings (SSSR count). The van der Waals surface area contributed by atoms with Crippen LogP contribution in [-0.4, -0.2) is 6.04 Å². The zero-order valence-electron chi connectivity index (χ0n) is 10.4. The van der Waals surface area contributed by atoms with Crippen molar-refractivity contribution in [3.8, 4) is 0 Å². The molecular formula is C14H21ClFN. The molecular weight excluding hydrogens is 237 g/mol. The van der Waals surface area contributed by atoms with Crippen molar-refractivity contribution in [2.75, 3.05) is 0 Å². The molecule has 1 nitrogen and oxygen atoms in total. The van der Waals surface area contributed by atoms with Crippen LogP contribution in [0.3, 0.4) is 0 Å². The molecule has 0 saturated heterocycles. The maximum Gasteiger partial charge on any atom is 0.126 e. The number of halogens is 2. The van der Waals surface area contributed by atoms with E-state index >= 15 is 0 Å². The summed E-state index contributed by atoms with van der Waals surface area (Å²) in [6.45, 7) is 2.18. The van der Waals surface area contributed by atoms with E-state index in [4.69, 9.17) is 17.3 Å². The van der Waals surface area contributed by atoms with Gasteiger partial charge in [-0.05, 0) is 36.6 Å². The van der Waals surface area contributed by atoms with Crippen LogP contribution in [0.15, 0.2) is 18.2 Å². The summed E-state index contributed by atoms with van der Waals surface area (Å²) in [7, 11) is 0. The summed E-state index contributed by atoms with van der Waals surface area (Å²) < 4.78 is 13.5. The molecule has 0 amide bonds. The molecule has 0 bridgehead atoms. The fourth-order valence-electron chi connectivity index (χ4n) is 1.92. The fraction of sp³-hybridized carbons (Fsp3) is 0.571. The molecule has 96 valence electrons. The number of hydrogen-bond donors (Lipinski definition) is 1. The van der Waals surface area contributed by atoms with Gasteiger partial charge in [0.15, 0.2) is 0 Å². The van der Waals surface area contributed by atoms with E-state index < -0.39 is 0 Å². The Balaban J connectivity index is 2.39. The smallest absolute Gasteiger partial charge is 0.126 e. The van der Waals surface area contributed by atoms with Crippen molar-refractivity contribution in [1.82, 2.24) is 0 Å². The van der Waals surface area contributed by atoms with Crippen LogP contribution in [0.2, 0.25) is 5.02 Å². The van der Waals surface area contributed by atoms with E-state index in [1.54, 1.807) is 12.1 Å². The van der Waals surface area contributed by atoms with Gasteiger partial charge in [-0.1, -0.05) is 44.2 Å². The molecule has 0 saturated carbocycles. The summed E-state index contributed by atoms with van der Waals surface area (Å²) >= 11 is 5.84. The third-order valence-corrected chi connectivity index (χ3v) is 3.15. The first kappa shape index (κ1) is 14.5. The number of hydrogen-bond acceptors (Lipinski definition) is 1. The van der Waals surface area contributed by atoms with Gasteiger partial charge in [0, 0.05) is 11.1 Å². The first-order valence-electron chi connectivity index (χ1n) is 6.33. The Morgan fingerprint density at radius 3 is 2.76 bits per heavy atom. The molecule has 1 aromatic carbocycles. The molecule has 0 aromatic heterocycles. The van der Waals surface area contributed by atoms with Crippen LogP contribution in [0.25, 0.3) is 0 Å². The lowest BCUT2D eigenvalue weighted by molar-refractivity contribution is 0.530. The van der Waals surface area contributed by atoms with Gasteiger partial charge in [0.05, 0.1) is 0 Å². The van der Waals surface area contributed by atoms with Crippen molar-refractivity contribution < 1.29 is 4.39 Å². The summed E-state index contributed by atoms with van der Waals surface area (Å²) in [6, 6.07) is 4.66. The van der Waals surface area contributed by atoms with Gasteiger partial charge in [-0.2, -0.15) is 0 Å². The summed E-state index contributed by atoms with van der Waals surface area (Å²) in [5.41, 5.74) is 6.62. The van der Waals surface area contributed by atoms with Crippen molar-refractivity contribution >= 4 is 11.6 Å². The molecule has 1 aromatic rings. The van der Waals surface area contributed by atoms with Gasteiger partial charge in [-0.25, -0.2) is 4.39 Å². The highest BCUT2D eigenvalue weighted by Gasteiger charge is 2.08. The Hall–Kier alpha value is -0.600. The first-order chi connectivity index (χ1) is 8.13. The second kappa shape index (κ2) is 7.67. The quantitative estimate of drug-likeness (QED) is 0.724. The van der Waals surface area contributed by atoms with Crippen molar-refractivity contribution in [2.45, 2.75) is 51.5 Å². The predicted molar refractivity (Wildman–Crippen MR) is 71.8 cm³/mol. The average molecular weight is 258 g/mol. The maximum absolute atomic E-state index is 13.5. The molecule has 0 aliphatic carbocycles. The van der Waals surface area contributed by atoms with E-state index in [1.807, 2.05) is 0 Å². The molecule has 0 aliphatic rings. The van der Waals surface area contributed by atoms with Gasteiger partial charge in [0.1, 0.15) is 5.82 Å². The number of rotatable bonds is 7. The van der Waals surface area contributed by atoms with Crippen LogP contribution < -0.4 is 5.73 Å². The SMILES string of the molecule is CCCCCCC(N)Cc1cc(Cl)ccc1F. The Morgan fingerprint density at radius 2 is 2.06 bits per heavy atom. The van der Waals surface area contributed by atoms with Crippen LogP contribution in [0, 0.1) is 5.82 Å². The highest BCUT2D eigenvalue weighted by molar-refractivity contribution is 6.30. The topological polar surface area (TPSA) is 26.0 Å². The van der Waals surface area contributed by atoms with E-state index in [0.29, 0.717) is 17.0 Å². The number of nitrogens with two attached hydrogens (primary N) is 1. The fourth-order valence-corrected chi connectivity index (χ4v) is 2.11. The summed E-state index contributed by atoms with van der Waals surface area (Å²) in [5.74, 6) is -0.210. The van der Waals surface area contributed by atoms with Crippen LogP contribution in [0.5, 0.6) is 0 Å². The van der Waals surface area contributed by atoms with Gasteiger partial charge in [-0.3, -0.25) is 0 Å². The second-order valence-electron chi connectivity index (χ2n) is 4.55. The maximum atomic E-state index is 13.5. The molecule has 17 heavy (non-hydrogen) atoms. The third kappa shape index (κ3) is 5.51. The lowest BCUT2D eigenvalue weighted by atomic mass is 10.0. The number of benzene rings is 1. The average Bonchev–Trinajstić information content (AvgIpc) is 2.29. The molecule has 0 heterocycles. The lowest BCUT2D eigenvalue weighted by Gasteiger charge is -2.12. The Kier molecular flexibility index (Phi) is 6.53. The minimum absolute atomic E-state index is 0.0276. The van der Waals surface area contributed by atoms with Crippen molar-refractivity contribution in [3.63, 3.8) is 0 Å². The van der Waals surface area contributed by atoms with Crippen molar-refractivity contribution in [3.05, 3.63) is 34.6 Å². The summed E-state index contributed by atoms with van der Waals surface area (Å²) in [6.07, 6.45) is 6.32. The summed E-state index contributed by atoms with van der Waals surface area (Å²) in [5, 5.41) is 0.569. The van der Waals surface area contributed by atoms with Gasteiger partial charge in [-0.15, -0.1) is 0 Å². The summed E-state index contributed by atoms with van der Waals surface area (Å²) in [4.78, 5) is 0. The van der Waals surface area contributed by atoms with Crippen LogP contribution in [0.1, 0.15) is 44.6 Å². The Morgan fingerprint density at radius 1 is 1.29 bits per heavy atom. The van der Waals surface area contributed by atoms with Crippen LogP contribution in [-0.2, 0) is 6.42 Å². The van der Waals surface area contributed by atoms with E-state index in [1.165, 1.54) is 25.3 Å². The van der Waals surface area contributed by atoms with Crippen molar-refractivity contribution in [2.24, 2.45) is 5.73 Å². The lowest BCUT2D eigenvalue weighted by Crippen LogP contribution is -2.23. The third-order valence-electron chi connectivity index (χ3n) is 2.92.